The van der Waals surface area contributed by atoms with Crippen molar-refractivity contribution in [3.8, 4) is 5.69 Å². The number of benzene rings is 1. The van der Waals surface area contributed by atoms with Crippen LogP contribution in [-0.4, -0.2) is 30.8 Å². The minimum atomic E-state index is -4.05. The van der Waals surface area contributed by atoms with Crippen molar-refractivity contribution in [3.05, 3.63) is 67.7 Å². The molecule has 0 unspecified atom stereocenters. The van der Waals surface area contributed by atoms with Gasteiger partial charge in [0, 0.05) is 11.0 Å². The molecule has 0 radical (unpaired) electrons. The Bertz CT molecular complexity index is 1280. The quantitative estimate of drug-likeness (QED) is 0.425. The molecule has 0 aliphatic heterocycles. The number of fused-ring (bicyclic) bond motifs is 1. The van der Waals surface area contributed by atoms with Crippen molar-refractivity contribution in [2.24, 2.45) is 0 Å². The number of halogens is 3. The number of carbonyl (C=O) groups excluding carboxylic acids is 1. The molecule has 0 saturated carbocycles. The number of aromatic nitrogens is 2. The summed E-state index contributed by atoms with van der Waals surface area (Å²) in [6.07, 6.45) is 6.50. The fourth-order valence-electron chi connectivity index (χ4n) is 3.41. The lowest BCUT2D eigenvalue weighted by atomic mass is 9.92. The Morgan fingerprint density at radius 1 is 1.25 bits per heavy atom. The number of rotatable bonds is 5. The van der Waals surface area contributed by atoms with Crippen molar-refractivity contribution in [3.63, 3.8) is 0 Å². The SMILES string of the molecule is O=C(NCC=C1CCCc2cnn(-c3ccc(Br)cc3)c21)NS(=O)(=O)c1cc(Cl)c(Cl)s1. The molecule has 3 aromatic rings. The highest BCUT2D eigenvalue weighted by Crippen LogP contribution is 2.34. The number of sulfonamides is 1. The molecule has 0 fully saturated rings. The normalized spacial score (nSPS) is 14.9. The minimum Gasteiger partial charge on any atom is -0.334 e. The fraction of sp³-hybridized carbons (Fsp3) is 0.200. The van der Waals surface area contributed by atoms with E-state index in [9.17, 15) is 13.2 Å². The van der Waals surface area contributed by atoms with Gasteiger partial charge in [-0.05, 0) is 60.7 Å². The number of carbonyl (C=O) groups is 1. The van der Waals surface area contributed by atoms with Crippen molar-refractivity contribution in [2.45, 2.75) is 23.5 Å². The molecule has 1 aliphatic rings. The summed E-state index contributed by atoms with van der Waals surface area (Å²) in [5.41, 5.74) is 4.14. The summed E-state index contributed by atoms with van der Waals surface area (Å²) in [5.74, 6) is 0. The summed E-state index contributed by atoms with van der Waals surface area (Å²) in [6.45, 7) is 0.160. The van der Waals surface area contributed by atoms with Gasteiger partial charge in [-0.1, -0.05) is 45.2 Å². The fourth-order valence-corrected chi connectivity index (χ4v) is 6.48. The van der Waals surface area contributed by atoms with Crippen LogP contribution in [-0.2, 0) is 16.4 Å². The van der Waals surface area contributed by atoms with Gasteiger partial charge >= 0.3 is 6.03 Å². The van der Waals surface area contributed by atoms with E-state index < -0.39 is 16.1 Å². The van der Waals surface area contributed by atoms with Crippen LogP contribution >= 0.6 is 50.5 Å². The molecule has 0 bridgehead atoms. The van der Waals surface area contributed by atoms with Gasteiger partial charge in [0.25, 0.3) is 10.0 Å². The third kappa shape index (κ3) is 5.04. The highest BCUT2D eigenvalue weighted by molar-refractivity contribution is 9.10. The number of aryl methyl sites for hydroxylation is 1. The molecule has 32 heavy (non-hydrogen) atoms. The van der Waals surface area contributed by atoms with Crippen LogP contribution in [0.2, 0.25) is 9.36 Å². The van der Waals surface area contributed by atoms with Gasteiger partial charge in [-0.2, -0.15) is 5.10 Å². The second-order valence-corrected chi connectivity index (χ2v) is 11.9. The summed E-state index contributed by atoms with van der Waals surface area (Å²) >= 11 is 15.8. The number of urea groups is 1. The first-order valence-electron chi connectivity index (χ1n) is 9.52. The molecule has 2 amide bonds. The summed E-state index contributed by atoms with van der Waals surface area (Å²) in [6, 6.07) is 8.23. The Balaban J connectivity index is 1.46. The van der Waals surface area contributed by atoms with Gasteiger partial charge in [-0.15, -0.1) is 11.3 Å². The molecule has 0 spiro atoms. The number of allylic oxidation sites excluding steroid dienone is 1. The van der Waals surface area contributed by atoms with E-state index in [4.69, 9.17) is 23.2 Å². The van der Waals surface area contributed by atoms with Crippen molar-refractivity contribution in [2.75, 3.05) is 6.54 Å². The Labute approximate surface area is 207 Å². The number of nitrogens with one attached hydrogen (secondary N) is 2. The van der Waals surface area contributed by atoms with Crippen LogP contribution in [0.25, 0.3) is 11.3 Å². The van der Waals surface area contributed by atoms with Gasteiger partial charge in [-0.3, -0.25) is 0 Å². The summed E-state index contributed by atoms with van der Waals surface area (Å²) in [5, 5.41) is 7.23. The van der Waals surface area contributed by atoms with Crippen molar-refractivity contribution < 1.29 is 13.2 Å². The largest absolute Gasteiger partial charge is 0.334 e. The number of nitrogens with zero attached hydrogens (tertiary/aromatic N) is 2. The number of hydrogen-bond acceptors (Lipinski definition) is 5. The molecular formula is C20H17BrCl2N4O3S2. The third-order valence-electron chi connectivity index (χ3n) is 4.84. The maximum Gasteiger partial charge on any atom is 0.328 e. The minimum absolute atomic E-state index is 0.123. The molecule has 2 heterocycles. The molecule has 2 N–H and O–H groups in total. The zero-order chi connectivity index (χ0) is 22.9. The highest BCUT2D eigenvalue weighted by atomic mass is 79.9. The van der Waals surface area contributed by atoms with E-state index in [1.54, 1.807) is 0 Å². The molecule has 7 nitrogen and oxygen atoms in total. The Kier molecular flexibility index (Phi) is 6.97. The average Bonchev–Trinajstić information content (AvgIpc) is 3.33. The zero-order valence-corrected chi connectivity index (χ0v) is 21.2. The highest BCUT2D eigenvalue weighted by Gasteiger charge is 2.23. The Morgan fingerprint density at radius 2 is 2.00 bits per heavy atom. The molecule has 12 heteroatoms. The first-order chi connectivity index (χ1) is 15.2. The smallest absolute Gasteiger partial charge is 0.328 e. The van der Waals surface area contributed by atoms with Gasteiger partial charge < -0.3 is 5.32 Å². The lowest BCUT2D eigenvalue weighted by molar-refractivity contribution is 0.247. The number of amides is 2. The summed E-state index contributed by atoms with van der Waals surface area (Å²) < 4.78 is 29.5. The third-order valence-corrected chi connectivity index (χ3v) is 9.04. The molecule has 1 aliphatic carbocycles. The van der Waals surface area contributed by atoms with E-state index in [0.717, 1.165) is 57.6 Å². The van der Waals surface area contributed by atoms with E-state index in [1.807, 2.05) is 45.9 Å². The van der Waals surface area contributed by atoms with Crippen LogP contribution in [0.5, 0.6) is 0 Å². The zero-order valence-electron chi connectivity index (χ0n) is 16.4. The lowest BCUT2D eigenvalue weighted by Gasteiger charge is -2.18. The predicted molar refractivity (Wildman–Crippen MR) is 130 cm³/mol. The van der Waals surface area contributed by atoms with Crippen molar-refractivity contribution in [1.29, 1.82) is 0 Å². The molecular weight excluding hydrogens is 559 g/mol. The van der Waals surface area contributed by atoms with Crippen molar-refractivity contribution in [1.82, 2.24) is 19.8 Å². The van der Waals surface area contributed by atoms with E-state index in [2.05, 4.69) is 26.3 Å². The molecule has 1 aromatic carbocycles. The van der Waals surface area contributed by atoms with Crippen LogP contribution < -0.4 is 10.0 Å². The molecule has 4 rings (SSSR count). The molecule has 0 saturated heterocycles. The summed E-state index contributed by atoms with van der Waals surface area (Å²) in [7, 11) is -4.05. The van der Waals surface area contributed by atoms with Crippen LogP contribution in [0.4, 0.5) is 4.79 Å². The van der Waals surface area contributed by atoms with Gasteiger partial charge in [0.15, 0.2) is 0 Å². The van der Waals surface area contributed by atoms with E-state index >= 15 is 0 Å². The van der Waals surface area contributed by atoms with Crippen LogP contribution in [0, 0.1) is 0 Å². The van der Waals surface area contributed by atoms with Crippen LogP contribution in [0.3, 0.4) is 0 Å². The Morgan fingerprint density at radius 3 is 2.69 bits per heavy atom. The monoisotopic (exact) mass is 574 g/mol. The van der Waals surface area contributed by atoms with Gasteiger partial charge in [0.2, 0.25) is 0 Å². The first-order valence-corrected chi connectivity index (χ1v) is 13.4. The molecule has 2 aromatic heterocycles. The van der Waals surface area contributed by atoms with Crippen molar-refractivity contribution >= 4 is 72.1 Å². The van der Waals surface area contributed by atoms with Crippen LogP contribution in [0.1, 0.15) is 24.1 Å². The molecule has 168 valence electrons. The maximum atomic E-state index is 12.3. The Hall–Kier alpha value is -1.85. The number of thiophene rings is 1. The number of hydrogen-bond donors (Lipinski definition) is 2. The second kappa shape index (κ2) is 9.56. The van der Waals surface area contributed by atoms with E-state index in [-0.39, 0.29) is 20.1 Å². The molecule has 0 atom stereocenters. The lowest BCUT2D eigenvalue weighted by Crippen LogP contribution is -2.39. The van der Waals surface area contributed by atoms with Gasteiger partial charge in [-0.25, -0.2) is 22.6 Å². The van der Waals surface area contributed by atoms with E-state index in [1.165, 1.54) is 6.07 Å². The van der Waals surface area contributed by atoms with Crippen LogP contribution in [0.15, 0.2) is 51.3 Å². The summed E-state index contributed by atoms with van der Waals surface area (Å²) in [4.78, 5) is 12.2. The van der Waals surface area contributed by atoms with E-state index in [0.29, 0.717) is 0 Å². The van der Waals surface area contributed by atoms with Gasteiger partial charge in [0.1, 0.15) is 8.55 Å². The maximum absolute atomic E-state index is 12.3. The topological polar surface area (TPSA) is 93.1 Å². The second-order valence-electron chi connectivity index (χ2n) is 6.99. The standard InChI is InChI=1S/C20H17BrCl2N4O3S2/c21-14-4-6-15(7-5-14)27-18-12(2-1-3-13(18)11-25-27)8-9-24-20(28)26-32(29,30)17-10-16(22)19(23)31-17/h4-8,10-11H,1-3,9H2,(H2,24,26,28). The predicted octanol–water partition coefficient (Wildman–Crippen LogP) is 5.41. The average molecular weight is 576 g/mol. The first kappa shape index (κ1) is 23.3. The van der Waals surface area contributed by atoms with Gasteiger partial charge in [0.05, 0.1) is 22.6 Å².